The number of hydrogen-bond donors (Lipinski definition) is 1. The van der Waals surface area contributed by atoms with Crippen LogP contribution in [0.1, 0.15) is 68.2 Å². The van der Waals surface area contributed by atoms with E-state index in [-0.39, 0.29) is 50.1 Å². The zero-order valence-corrected chi connectivity index (χ0v) is 32.6. The average molecular weight is 751 g/mol. The van der Waals surface area contributed by atoms with Gasteiger partial charge in [0.1, 0.15) is 23.5 Å². The molecule has 292 valence electrons. The summed E-state index contributed by atoms with van der Waals surface area (Å²) in [4.78, 5) is 48.3. The molecule has 3 aromatic carbocycles. The predicted octanol–water partition coefficient (Wildman–Crippen LogP) is 7.76. The molecule has 0 saturated carbocycles. The topological polar surface area (TPSA) is 123 Å². The van der Waals surface area contributed by atoms with Gasteiger partial charge in [0.2, 0.25) is 5.78 Å². The number of rotatable bonds is 15. The van der Waals surface area contributed by atoms with Gasteiger partial charge in [-0.3, -0.25) is 4.79 Å². The molecule has 11 nitrogen and oxygen atoms in total. The van der Waals surface area contributed by atoms with E-state index in [0.717, 1.165) is 17.5 Å². The standard InChI is InChI=1S/C44H54N4O7/c1-33(27-34-17-9-6-10-18-34)28-46(42(51)55-43(2,3)4)25-16-15-23-37(49)39-40(36-21-13-8-14-22-36)48(32-45-39)38-29-47(26-24-44(38,52)31-53-5)41(50)54-30-35-19-11-7-12-20-35/h6-15,17-23,32-33,38,52H,16,24-31H2,1-5H3/b23-15-/t33-,38?,44?/m1/s1. The lowest BCUT2D eigenvalue weighted by molar-refractivity contribution is -0.102. The summed E-state index contributed by atoms with van der Waals surface area (Å²) in [6, 6.07) is 28.3. The van der Waals surface area contributed by atoms with Crippen molar-refractivity contribution >= 4 is 18.0 Å². The van der Waals surface area contributed by atoms with Crippen molar-refractivity contribution in [3.05, 3.63) is 126 Å². The minimum Gasteiger partial charge on any atom is -0.445 e. The summed E-state index contributed by atoms with van der Waals surface area (Å²) in [6.07, 6.45) is 5.34. The van der Waals surface area contributed by atoms with Gasteiger partial charge in [0.05, 0.1) is 24.7 Å². The van der Waals surface area contributed by atoms with E-state index in [1.54, 1.807) is 26.8 Å². The van der Waals surface area contributed by atoms with Gasteiger partial charge in [0.25, 0.3) is 0 Å². The van der Waals surface area contributed by atoms with Gasteiger partial charge in [-0.1, -0.05) is 104 Å². The fourth-order valence-corrected chi connectivity index (χ4v) is 6.91. The smallest absolute Gasteiger partial charge is 0.410 e. The number of carbonyl (C=O) groups excluding carboxylic acids is 3. The number of carbonyl (C=O) groups is 3. The van der Waals surface area contributed by atoms with Crippen molar-refractivity contribution in [1.82, 2.24) is 19.4 Å². The molecule has 0 spiro atoms. The molecule has 1 saturated heterocycles. The number of ether oxygens (including phenoxy) is 3. The van der Waals surface area contributed by atoms with Crippen molar-refractivity contribution in [3.8, 4) is 11.3 Å². The van der Waals surface area contributed by atoms with E-state index in [0.29, 0.717) is 25.2 Å². The van der Waals surface area contributed by atoms with Crippen LogP contribution in [0.4, 0.5) is 9.59 Å². The van der Waals surface area contributed by atoms with Crippen LogP contribution in [0.15, 0.2) is 109 Å². The number of piperidine rings is 1. The van der Waals surface area contributed by atoms with Gasteiger partial charge in [0.15, 0.2) is 0 Å². The van der Waals surface area contributed by atoms with Gasteiger partial charge >= 0.3 is 12.2 Å². The van der Waals surface area contributed by atoms with Crippen LogP contribution < -0.4 is 0 Å². The van der Waals surface area contributed by atoms with Gasteiger partial charge in [-0.2, -0.15) is 0 Å². The summed E-state index contributed by atoms with van der Waals surface area (Å²) in [5.74, 6) is -0.153. The number of aromatic nitrogens is 2. The average Bonchev–Trinajstić information content (AvgIpc) is 3.60. The highest BCUT2D eigenvalue weighted by Gasteiger charge is 2.45. The first kappa shape index (κ1) is 40.9. The molecule has 2 unspecified atom stereocenters. The summed E-state index contributed by atoms with van der Waals surface area (Å²) >= 11 is 0. The maximum Gasteiger partial charge on any atom is 0.410 e. The van der Waals surface area contributed by atoms with Crippen molar-refractivity contribution < 1.29 is 33.7 Å². The van der Waals surface area contributed by atoms with E-state index in [4.69, 9.17) is 14.2 Å². The summed E-state index contributed by atoms with van der Waals surface area (Å²) < 4.78 is 18.7. The number of amides is 2. The summed E-state index contributed by atoms with van der Waals surface area (Å²) in [6.45, 7) is 9.00. The number of likely N-dealkylation sites (tertiary alicyclic amines) is 1. The lowest BCUT2D eigenvalue weighted by atomic mass is 9.86. The van der Waals surface area contributed by atoms with Gasteiger partial charge in [-0.25, -0.2) is 14.6 Å². The summed E-state index contributed by atoms with van der Waals surface area (Å²) in [5, 5.41) is 12.0. The Morgan fingerprint density at radius 1 is 0.982 bits per heavy atom. The van der Waals surface area contributed by atoms with E-state index in [2.05, 4.69) is 24.0 Å². The zero-order valence-electron chi connectivity index (χ0n) is 32.6. The number of allylic oxidation sites excluding steroid dienone is 1. The van der Waals surface area contributed by atoms with Gasteiger partial charge < -0.3 is 33.7 Å². The van der Waals surface area contributed by atoms with E-state index in [1.807, 2.05) is 99.6 Å². The molecular weight excluding hydrogens is 697 g/mol. The minimum atomic E-state index is -1.37. The fraction of sp³-hybridized carbons (Fsp3) is 0.409. The fourth-order valence-electron chi connectivity index (χ4n) is 6.91. The van der Waals surface area contributed by atoms with E-state index in [9.17, 15) is 19.5 Å². The van der Waals surface area contributed by atoms with Crippen molar-refractivity contribution in [3.63, 3.8) is 0 Å². The molecule has 1 aliphatic rings. The lowest BCUT2D eigenvalue weighted by Gasteiger charge is -2.44. The van der Waals surface area contributed by atoms with E-state index < -0.39 is 29.4 Å². The number of ketones is 1. The van der Waals surface area contributed by atoms with E-state index in [1.165, 1.54) is 18.7 Å². The first-order valence-electron chi connectivity index (χ1n) is 18.9. The molecule has 1 aliphatic heterocycles. The molecule has 3 atom stereocenters. The number of hydrogen-bond acceptors (Lipinski definition) is 8. The van der Waals surface area contributed by atoms with Gasteiger partial charge in [0, 0.05) is 38.9 Å². The van der Waals surface area contributed by atoms with Gasteiger partial charge in [-0.15, -0.1) is 0 Å². The van der Waals surface area contributed by atoms with Crippen LogP contribution in [0.25, 0.3) is 11.3 Å². The lowest BCUT2D eigenvalue weighted by Crippen LogP contribution is -2.56. The molecular formula is C44H54N4O7. The van der Waals surface area contributed by atoms with Gasteiger partial charge in [-0.05, 0) is 63.2 Å². The Kier molecular flexibility index (Phi) is 14.0. The SMILES string of the molecule is COCC1(O)CCN(C(=O)OCc2ccccc2)CC1n1cnc(C(=O)/C=C\CCN(C[C@H](C)Cc2ccccc2)C(=O)OC(C)(C)C)c1-c1ccccc1. The van der Waals surface area contributed by atoms with E-state index >= 15 is 0 Å². The Balaban J connectivity index is 1.35. The first-order valence-corrected chi connectivity index (χ1v) is 18.9. The summed E-state index contributed by atoms with van der Waals surface area (Å²) in [7, 11) is 1.52. The van der Waals surface area contributed by atoms with Crippen LogP contribution in [-0.2, 0) is 27.2 Å². The maximum atomic E-state index is 13.9. The predicted molar refractivity (Wildman–Crippen MR) is 212 cm³/mol. The molecule has 0 aliphatic carbocycles. The molecule has 2 amide bonds. The zero-order chi connectivity index (χ0) is 39.4. The number of aliphatic hydroxyl groups is 1. The second-order valence-electron chi connectivity index (χ2n) is 15.3. The number of nitrogens with zero attached hydrogens (tertiary/aromatic N) is 4. The van der Waals surface area contributed by atoms with Crippen molar-refractivity contribution in [2.75, 3.05) is 39.9 Å². The second kappa shape index (κ2) is 18.9. The second-order valence-corrected chi connectivity index (χ2v) is 15.3. The third kappa shape index (κ3) is 11.4. The van der Waals surface area contributed by atoms with Crippen LogP contribution in [0, 0.1) is 5.92 Å². The quantitative estimate of drug-likeness (QED) is 0.0967. The number of imidazole rings is 1. The molecule has 2 heterocycles. The Morgan fingerprint density at radius 2 is 1.62 bits per heavy atom. The molecule has 1 N–H and O–H groups in total. The van der Waals surface area contributed by atoms with Crippen LogP contribution in [-0.4, -0.2) is 93.5 Å². The maximum absolute atomic E-state index is 13.9. The van der Waals surface area contributed by atoms with Crippen LogP contribution >= 0.6 is 0 Å². The highest BCUT2D eigenvalue weighted by Crippen LogP contribution is 2.37. The Labute approximate surface area is 324 Å². The van der Waals surface area contributed by atoms with Crippen molar-refractivity contribution in [2.24, 2.45) is 5.92 Å². The van der Waals surface area contributed by atoms with Crippen molar-refractivity contribution in [1.29, 1.82) is 0 Å². The van der Waals surface area contributed by atoms with Crippen LogP contribution in [0.5, 0.6) is 0 Å². The molecule has 55 heavy (non-hydrogen) atoms. The molecule has 0 radical (unpaired) electrons. The molecule has 11 heteroatoms. The van der Waals surface area contributed by atoms with Crippen LogP contribution in [0.2, 0.25) is 0 Å². The highest BCUT2D eigenvalue weighted by molar-refractivity contribution is 6.07. The molecule has 4 aromatic rings. The Morgan fingerprint density at radius 3 is 2.25 bits per heavy atom. The molecule has 5 rings (SSSR count). The Bertz CT molecular complexity index is 1870. The molecule has 1 aromatic heterocycles. The normalized spacial score (nSPS) is 17.9. The molecule has 1 fully saturated rings. The monoisotopic (exact) mass is 750 g/mol. The first-order chi connectivity index (χ1) is 26.4. The highest BCUT2D eigenvalue weighted by atomic mass is 16.6. The third-order valence-corrected chi connectivity index (χ3v) is 9.54. The Hall–Kier alpha value is -5.26. The van der Waals surface area contributed by atoms with Crippen molar-refractivity contribution in [2.45, 2.75) is 70.8 Å². The molecule has 0 bridgehead atoms. The minimum absolute atomic E-state index is 0.0122. The summed E-state index contributed by atoms with van der Waals surface area (Å²) in [5.41, 5.74) is 1.49. The van der Waals surface area contributed by atoms with Crippen LogP contribution in [0.3, 0.4) is 0 Å². The number of methoxy groups -OCH3 is 1. The largest absolute Gasteiger partial charge is 0.445 e. The number of benzene rings is 3. The third-order valence-electron chi connectivity index (χ3n) is 9.54.